The Morgan fingerprint density at radius 2 is 2.19 bits per heavy atom. The molecular weight excluding hydrogens is 275 g/mol. The molecule has 112 valence electrons. The van der Waals surface area contributed by atoms with Gasteiger partial charge in [0.15, 0.2) is 17.4 Å². The minimum Gasteiger partial charge on any atom is -0.486 e. The molecule has 1 atom stereocenters. The van der Waals surface area contributed by atoms with Crippen LogP contribution >= 0.6 is 0 Å². The molecule has 0 saturated carbocycles. The Morgan fingerprint density at radius 3 is 2.86 bits per heavy atom. The van der Waals surface area contributed by atoms with Crippen molar-refractivity contribution in [3.63, 3.8) is 0 Å². The molecule has 0 aliphatic heterocycles. The number of anilines is 1. The maximum Gasteiger partial charge on any atom is 0.320 e. The predicted octanol–water partition coefficient (Wildman–Crippen LogP) is 2.15. The summed E-state index contributed by atoms with van der Waals surface area (Å²) in [5.74, 6) is 0.192. The second kappa shape index (κ2) is 6.74. The van der Waals surface area contributed by atoms with Gasteiger partial charge >= 0.3 is 6.03 Å². The first-order chi connectivity index (χ1) is 10.0. The molecule has 1 heterocycles. The van der Waals surface area contributed by atoms with Crippen molar-refractivity contribution >= 4 is 11.8 Å². The molecule has 6 nitrogen and oxygen atoms in total. The van der Waals surface area contributed by atoms with Gasteiger partial charge < -0.3 is 10.1 Å². The zero-order valence-electron chi connectivity index (χ0n) is 11.8. The molecule has 0 bridgehead atoms. The summed E-state index contributed by atoms with van der Waals surface area (Å²) in [6.07, 6.45) is 1.36. The highest BCUT2D eigenvalue weighted by atomic mass is 19.1. The topological polar surface area (TPSA) is 68.2 Å². The molecule has 0 fully saturated rings. The number of carbonyl (C=O) groups is 1. The van der Waals surface area contributed by atoms with E-state index >= 15 is 0 Å². The van der Waals surface area contributed by atoms with Crippen LogP contribution in [0.15, 0.2) is 36.5 Å². The number of nitrogens with zero attached hydrogens (tertiary/aromatic N) is 2. The van der Waals surface area contributed by atoms with Gasteiger partial charge in [0.25, 0.3) is 0 Å². The number of hydrogen-bond donors (Lipinski definition) is 2. The number of carbonyl (C=O) groups excluding carboxylic acids is 1. The second-order valence-corrected chi connectivity index (χ2v) is 4.57. The van der Waals surface area contributed by atoms with Gasteiger partial charge in [-0.3, -0.25) is 10.00 Å². The molecule has 0 aliphatic rings. The quantitative estimate of drug-likeness (QED) is 0.887. The molecule has 21 heavy (non-hydrogen) atoms. The number of urea groups is 1. The Labute approximate surface area is 121 Å². The molecular formula is C14H17FN4O2. The van der Waals surface area contributed by atoms with Crippen LogP contribution in [-0.4, -0.2) is 28.5 Å². The standard InChI is InChI=1S/C14H17FN4O2/c1-10(21-12-6-4-3-5-11(12)15)9-16-14(20)17-13-7-8-19(2)18-13/h3-8,10H,9H2,1-2H3,(H2,16,17,18,20). The molecule has 1 aromatic carbocycles. The lowest BCUT2D eigenvalue weighted by Crippen LogP contribution is -2.36. The van der Waals surface area contributed by atoms with Crippen LogP contribution in [0.2, 0.25) is 0 Å². The lowest BCUT2D eigenvalue weighted by atomic mass is 10.3. The van der Waals surface area contributed by atoms with Crippen molar-refractivity contribution in [1.29, 1.82) is 0 Å². The van der Waals surface area contributed by atoms with Crippen molar-refractivity contribution in [2.24, 2.45) is 7.05 Å². The summed E-state index contributed by atoms with van der Waals surface area (Å²) in [7, 11) is 1.76. The van der Waals surface area contributed by atoms with Crippen LogP contribution < -0.4 is 15.4 Å². The fourth-order valence-electron chi connectivity index (χ4n) is 1.68. The summed E-state index contributed by atoms with van der Waals surface area (Å²) in [5, 5.41) is 9.24. The monoisotopic (exact) mass is 292 g/mol. The van der Waals surface area contributed by atoms with Gasteiger partial charge in [0.2, 0.25) is 0 Å². The van der Waals surface area contributed by atoms with Crippen molar-refractivity contribution in [2.45, 2.75) is 13.0 Å². The van der Waals surface area contributed by atoms with E-state index in [2.05, 4.69) is 15.7 Å². The molecule has 1 unspecified atom stereocenters. The van der Waals surface area contributed by atoms with Gasteiger partial charge in [-0.1, -0.05) is 12.1 Å². The van der Waals surface area contributed by atoms with Gasteiger partial charge in [-0.2, -0.15) is 5.10 Å². The first kappa shape index (κ1) is 14.8. The van der Waals surface area contributed by atoms with Gasteiger partial charge in [-0.25, -0.2) is 9.18 Å². The largest absolute Gasteiger partial charge is 0.486 e. The van der Waals surface area contributed by atoms with E-state index in [1.807, 2.05) is 0 Å². The summed E-state index contributed by atoms with van der Waals surface area (Å²) in [5.41, 5.74) is 0. The fourth-order valence-corrected chi connectivity index (χ4v) is 1.68. The van der Waals surface area contributed by atoms with E-state index in [-0.39, 0.29) is 18.4 Å². The number of hydrogen-bond acceptors (Lipinski definition) is 3. The van der Waals surface area contributed by atoms with Crippen LogP contribution in [0.25, 0.3) is 0 Å². The molecule has 0 saturated heterocycles. The number of ether oxygens (including phenoxy) is 1. The Bertz CT molecular complexity index is 615. The zero-order valence-corrected chi connectivity index (χ0v) is 11.8. The molecule has 0 spiro atoms. The van der Waals surface area contributed by atoms with E-state index in [1.54, 1.807) is 49.1 Å². The van der Waals surface area contributed by atoms with Crippen molar-refractivity contribution in [1.82, 2.24) is 15.1 Å². The van der Waals surface area contributed by atoms with Crippen LogP contribution in [0.5, 0.6) is 5.75 Å². The lowest BCUT2D eigenvalue weighted by Gasteiger charge is -2.15. The van der Waals surface area contributed by atoms with Crippen LogP contribution in [0.3, 0.4) is 0 Å². The number of aryl methyl sites for hydroxylation is 1. The summed E-state index contributed by atoms with van der Waals surface area (Å²) >= 11 is 0. The predicted molar refractivity (Wildman–Crippen MR) is 76.7 cm³/mol. The van der Waals surface area contributed by atoms with Gasteiger partial charge in [0.05, 0.1) is 6.54 Å². The average molecular weight is 292 g/mol. The third-order valence-corrected chi connectivity index (χ3v) is 2.67. The maximum absolute atomic E-state index is 13.4. The Balaban J connectivity index is 1.77. The molecule has 2 aromatic rings. The molecule has 2 N–H and O–H groups in total. The Kier molecular flexibility index (Phi) is 4.76. The van der Waals surface area contributed by atoms with E-state index in [0.29, 0.717) is 5.82 Å². The van der Waals surface area contributed by atoms with Crippen molar-refractivity contribution < 1.29 is 13.9 Å². The fraction of sp³-hybridized carbons (Fsp3) is 0.286. The number of rotatable bonds is 5. The molecule has 7 heteroatoms. The van der Waals surface area contributed by atoms with E-state index in [0.717, 1.165) is 0 Å². The molecule has 2 amide bonds. The highest BCUT2D eigenvalue weighted by molar-refractivity contribution is 5.88. The SMILES string of the molecule is CC(CNC(=O)Nc1ccn(C)n1)Oc1ccccc1F. The number of benzene rings is 1. The Morgan fingerprint density at radius 1 is 1.43 bits per heavy atom. The smallest absolute Gasteiger partial charge is 0.320 e. The van der Waals surface area contributed by atoms with E-state index in [9.17, 15) is 9.18 Å². The van der Waals surface area contributed by atoms with Gasteiger partial charge in [-0.15, -0.1) is 0 Å². The van der Waals surface area contributed by atoms with Crippen LogP contribution in [0.4, 0.5) is 15.0 Å². The summed E-state index contributed by atoms with van der Waals surface area (Å²) in [4.78, 5) is 11.6. The number of nitrogens with one attached hydrogen (secondary N) is 2. The normalized spacial score (nSPS) is 11.8. The third kappa shape index (κ3) is 4.48. The first-order valence-electron chi connectivity index (χ1n) is 6.50. The van der Waals surface area contributed by atoms with Gasteiger partial charge in [-0.05, 0) is 19.1 Å². The first-order valence-corrected chi connectivity index (χ1v) is 6.50. The summed E-state index contributed by atoms with van der Waals surface area (Å²) < 4.78 is 20.4. The summed E-state index contributed by atoms with van der Waals surface area (Å²) in [6, 6.07) is 7.43. The highest BCUT2D eigenvalue weighted by Crippen LogP contribution is 2.16. The van der Waals surface area contributed by atoms with Crippen LogP contribution in [0, 0.1) is 5.82 Å². The molecule has 0 radical (unpaired) electrons. The number of halogens is 1. The molecule has 2 rings (SSSR count). The van der Waals surface area contributed by atoms with E-state index < -0.39 is 11.8 Å². The minimum absolute atomic E-state index is 0.164. The molecule has 1 aromatic heterocycles. The third-order valence-electron chi connectivity index (χ3n) is 2.67. The second-order valence-electron chi connectivity index (χ2n) is 4.57. The molecule has 0 aliphatic carbocycles. The average Bonchev–Trinajstić information content (AvgIpc) is 2.84. The summed E-state index contributed by atoms with van der Waals surface area (Å²) in [6.45, 7) is 1.99. The Hall–Kier alpha value is -2.57. The highest BCUT2D eigenvalue weighted by Gasteiger charge is 2.10. The zero-order chi connectivity index (χ0) is 15.2. The number of para-hydroxylation sites is 1. The van der Waals surface area contributed by atoms with Gasteiger partial charge in [0.1, 0.15) is 6.10 Å². The van der Waals surface area contributed by atoms with Crippen molar-refractivity contribution in [2.75, 3.05) is 11.9 Å². The van der Waals surface area contributed by atoms with Crippen molar-refractivity contribution in [3.8, 4) is 5.75 Å². The van der Waals surface area contributed by atoms with E-state index in [4.69, 9.17) is 4.74 Å². The number of aromatic nitrogens is 2. The number of amides is 2. The van der Waals surface area contributed by atoms with Crippen LogP contribution in [0.1, 0.15) is 6.92 Å². The van der Waals surface area contributed by atoms with E-state index in [1.165, 1.54) is 6.07 Å². The maximum atomic E-state index is 13.4. The van der Waals surface area contributed by atoms with Crippen LogP contribution in [-0.2, 0) is 7.05 Å². The van der Waals surface area contributed by atoms with Gasteiger partial charge in [0, 0.05) is 19.3 Å². The van der Waals surface area contributed by atoms with Crippen molar-refractivity contribution in [3.05, 3.63) is 42.3 Å². The minimum atomic E-state index is -0.428. The lowest BCUT2D eigenvalue weighted by molar-refractivity contribution is 0.205.